The van der Waals surface area contributed by atoms with Gasteiger partial charge in [0.05, 0.1) is 48.8 Å². The van der Waals surface area contributed by atoms with E-state index in [4.69, 9.17) is 21.3 Å². The Morgan fingerprint density at radius 2 is 2.00 bits per heavy atom. The van der Waals surface area contributed by atoms with Crippen molar-refractivity contribution in [3.63, 3.8) is 0 Å². The van der Waals surface area contributed by atoms with Crippen LogP contribution in [0.3, 0.4) is 0 Å². The van der Waals surface area contributed by atoms with Crippen LogP contribution in [0, 0.1) is 0 Å². The third-order valence-corrected chi connectivity index (χ3v) is 7.95. The van der Waals surface area contributed by atoms with Gasteiger partial charge >= 0.3 is 0 Å². The number of fused-ring (bicyclic) bond motifs is 3. The Labute approximate surface area is 204 Å². The summed E-state index contributed by atoms with van der Waals surface area (Å²) in [6.45, 7) is 6.55. The first kappa shape index (κ1) is 22.0. The number of ether oxygens (including phenoxy) is 1. The number of quaternary nitrogens is 1. The molecule has 1 aromatic carbocycles. The zero-order valence-electron chi connectivity index (χ0n) is 17.9. The number of benzene rings is 1. The molecule has 0 aliphatic carbocycles. The Morgan fingerprint density at radius 1 is 1.19 bits per heavy atom. The second kappa shape index (κ2) is 9.61. The molecular weight excluding hydrogens is 512 g/mol. The second-order valence-electron chi connectivity index (χ2n) is 8.00. The van der Waals surface area contributed by atoms with Crippen LogP contribution in [0.2, 0.25) is 5.02 Å². The van der Waals surface area contributed by atoms with E-state index < -0.39 is 0 Å². The third kappa shape index (κ3) is 4.24. The van der Waals surface area contributed by atoms with E-state index in [1.165, 1.54) is 0 Å². The van der Waals surface area contributed by atoms with Gasteiger partial charge in [-0.3, -0.25) is 9.56 Å². The van der Waals surface area contributed by atoms with E-state index in [-0.39, 0.29) is 0 Å². The van der Waals surface area contributed by atoms with Gasteiger partial charge in [-0.15, -0.1) is 21.5 Å². The smallest absolute Gasteiger partial charge is 0.233 e. The lowest BCUT2D eigenvalue weighted by Crippen LogP contribution is -3.15. The van der Waals surface area contributed by atoms with E-state index in [0.29, 0.717) is 11.6 Å². The van der Waals surface area contributed by atoms with Crippen molar-refractivity contribution in [2.24, 2.45) is 4.99 Å². The van der Waals surface area contributed by atoms with Crippen LogP contribution in [-0.4, -0.2) is 66.9 Å². The number of nitrogens with one attached hydrogen (secondary N) is 1. The molecule has 1 fully saturated rings. The predicted octanol–water partition coefficient (Wildman–Crippen LogP) is 2.84. The summed E-state index contributed by atoms with van der Waals surface area (Å²) in [6, 6.07) is 9.99. The van der Waals surface area contributed by atoms with Crippen LogP contribution in [-0.2, 0) is 11.3 Å². The number of methoxy groups -OCH3 is 1. The van der Waals surface area contributed by atoms with Gasteiger partial charge in [-0.1, -0.05) is 29.8 Å². The molecule has 0 unspecified atom stereocenters. The average molecular weight is 537 g/mol. The van der Waals surface area contributed by atoms with Crippen molar-refractivity contribution >= 4 is 50.5 Å². The summed E-state index contributed by atoms with van der Waals surface area (Å²) in [7, 11) is 1.77. The van der Waals surface area contributed by atoms with Crippen molar-refractivity contribution in [1.82, 2.24) is 14.8 Å². The van der Waals surface area contributed by atoms with E-state index in [1.54, 1.807) is 23.3 Å². The van der Waals surface area contributed by atoms with Gasteiger partial charge in [0, 0.05) is 29.7 Å². The van der Waals surface area contributed by atoms with Crippen molar-refractivity contribution in [3.05, 3.63) is 56.1 Å². The van der Waals surface area contributed by atoms with Crippen molar-refractivity contribution in [1.29, 1.82) is 0 Å². The molecule has 0 atom stereocenters. The van der Waals surface area contributed by atoms with Crippen LogP contribution in [0.25, 0.3) is 5.00 Å². The van der Waals surface area contributed by atoms with Crippen LogP contribution in [0.15, 0.2) is 39.1 Å². The van der Waals surface area contributed by atoms with Gasteiger partial charge in [-0.25, -0.2) is 0 Å². The highest BCUT2D eigenvalue weighted by Crippen LogP contribution is 2.38. The highest BCUT2D eigenvalue weighted by Gasteiger charge is 2.30. The van der Waals surface area contributed by atoms with Crippen LogP contribution in [0.5, 0.6) is 0 Å². The number of hydrogen-bond donors (Lipinski definition) is 1. The van der Waals surface area contributed by atoms with Crippen molar-refractivity contribution in [2.75, 3.05) is 51.3 Å². The van der Waals surface area contributed by atoms with E-state index in [9.17, 15) is 0 Å². The molecule has 7 nitrogen and oxygen atoms in total. The summed E-state index contributed by atoms with van der Waals surface area (Å²) in [5.41, 5.74) is 2.89. The van der Waals surface area contributed by atoms with E-state index in [0.717, 1.165) is 83.2 Å². The van der Waals surface area contributed by atoms with Crippen molar-refractivity contribution in [2.45, 2.75) is 13.0 Å². The molecule has 32 heavy (non-hydrogen) atoms. The standard InChI is InChI=1S/C22H24BrClN6OS/c1-31-12-4-7-28-8-10-29(11-9-28)22-27-26-19-14-25-20(15-5-2-3-6-17(15)24)16-13-18(23)32-21(16)30(19)22/h2-3,5-6,13H,4,7-12,14H2,1H3/p+1. The van der Waals surface area contributed by atoms with Crippen LogP contribution in [0.4, 0.5) is 5.95 Å². The number of rotatable bonds is 6. The first-order valence-corrected chi connectivity index (χ1v) is 12.8. The first-order valence-electron chi connectivity index (χ1n) is 10.8. The molecule has 3 aromatic rings. The summed E-state index contributed by atoms with van der Waals surface area (Å²) >= 11 is 11.9. The molecule has 0 radical (unpaired) electrons. The monoisotopic (exact) mass is 535 g/mol. The van der Waals surface area contributed by atoms with Crippen molar-refractivity contribution in [3.8, 4) is 5.00 Å². The Bertz CT molecular complexity index is 1140. The van der Waals surface area contributed by atoms with E-state index >= 15 is 0 Å². The number of halogens is 2. The maximum absolute atomic E-state index is 6.54. The Kier molecular flexibility index (Phi) is 6.61. The number of anilines is 1. The summed E-state index contributed by atoms with van der Waals surface area (Å²) in [4.78, 5) is 8.90. The molecule has 0 spiro atoms. The Balaban J connectivity index is 1.45. The molecule has 0 saturated carbocycles. The summed E-state index contributed by atoms with van der Waals surface area (Å²) < 4.78 is 8.44. The molecule has 0 amide bonds. The second-order valence-corrected chi connectivity index (χ2v) is 10.8. The lowest BCUT2D eigenvalue weighted by molar-refractivity contribution is -0.900. The Morgan fingerprint density at radius 3 is 2.78 bits per heavy atom. The highest BCUT2D eigenvalue weighted by molar-refractivity contribution is 9.11. The highest BCUT2D eigenvalue weighted by atomic mass is 79.9. The van der Waals surface area contributed by atoms with Gasteiger partial charge in [0.25, 0.3) is 0 Å². The molecule has 10 heteroatoms. The summed E-state index contributed by atoms with van der Waals surface area (Å²) in [6.07, 6.45) is 1.10. The van der Waals surface area contributed by atoms with Crippen LogP contribution >= 0.6 is 38.9 Å². The molecule has 2 aliphatic rings. The fraction of sp³-hybridized carbons (Fsp3) is 0.409. The number of thiophene rings is 1. The zero-order valence-corrected chi connectivity index (χ0v) is 21.0. The molecule has 2 aromatic heterocycles. The van der Waals surface area contributed by atoms with Gasteiger partial charge in [0.15, 0.2) is 5.82 Å². The van der Waals surface area contributed by atoms with E-state index in [2.05, 4.69) is 41.7 Å². The molecule has 1 N–H and O–H groups in total. The topological polar surface area (TPSA) is 60.0 Å². The largest absolute Gasteiger partial charge is 0.384 e. The fourth-order valence-corrected chi connectivity index (χ4v) is 6.19. The van der Waals surface area contributed by atoms with E-state index in [1.807, 2.05) is 24.3 Å². The van der Waals surface area contributed by atoms with Crippen molar-refractivity contribution < 1.29 is 9.64 Å². The number of hydrogen-bond acceptors (Lipinski definition) is 6. The van der Waals surface area contributed by atoms with Gasteiger partial charge in [-0.05, 0) is 28.1 Å². The maximum atomic E-state index is 6.54. The number of aliphatic imine (C=N–C) groups is 1. The molecule has 0 bridgehead atoms. The maximum Gasteiger partial charge on any atom is 0.233 e. The minimum Gasteiger partial charge on any atom is -0.384 e. The van der Waals surface area contributed by atoms with Gasteiger partial charge < -0.3 is 14.5 Å². The normalized spacial score (nSPS) is 16.5. The quantitative estimate of drug-likeness (QED) is 0.492. The van der Waals surface area contributed by atoms with Crippen LogP contribution in [0.1, 0.15) is 23.4 Å². The molecule has 1 saturated heterocycles. The van der Waals surface area contributed by atoms with Gasteiger partial charge in [0.1, 0.15) is 11.5 Å². The minimum absolute atomic E-state index is 0.467. The number of aromatic nitrogens is 3. The zero-order chi connectivity index (χ0) is 22.1. The van der Waals surface area contributed by atoms with Gasteiger partial charge in [-0.2, -0.15) is 0 Å². The molecule has 2 aliphatic heterocycles. The molecule has 168 valence electrons. The molecular formula is C22H25BrClN6OS+. The SMILES string of the molecule is COCCC[NH+]1CCN(c2nnc3n2-c2sc(Br)cc2C(c2ccccc2Cl)=NC3)CC1. The summed E-state index contributed by atoms with van der Waals surface area (Å²) in [5.74, 6) is 1.76. The number of piperazine rings is 1. The molecule has 4 heterocycles. The lowest BCUT2D eigenvalue weighted by atomic mass is 10.0. The average Bonchev–Trinajstić information content (AvgIpc) is 3.35. The minimum atomic E-state index is 0.467. The van der Waals surface area contributed by atoms with Crippen LogP contribution < -0.4 is 9.80 Å². The Hall–Kier alpha value is -1.78. The molecule has 5 rings (SSSR count). The van der Waals surface area contributed by atoms with Gasteiger partial charge in [0.2, 0.25) is 5.95 Å². The first-order chi connectivity index (χ1) is 15.7. The third-order valence-electron chi connectivity index (χ3n) is 5.99. The number of nitrogens with zero attached hydrogens (tertiary/aromatic N) is 5. The lowest BCUT2D eigenvalue weighted by Gasteiger charge is -2.32. The predicted molar refractivity (Wildman–Crippen MR) is 132 cm³/mol. The summed E-state index contributed by atoms with van der Waals surface area (Å²) in [5, 5.41) is 10.9. The fourth-order valence-electron chi connectivity index (χ4n) is 4.37.